The predicted molar refractivity (Wildman–Crippen MR) is 325 cm³/mol. The van der Waals surface area contributed by atoms with Gasteiger partial charge in [0.15, 0.2) is 5.58 Å². The minimum absolute atomic E-state index is 0.843. The van der Waals surface area contributed by atoms with Crippen molar-refractivity contribution in [1.82, 2.24) is 4.57 Å². The van der Waals surface area contributed by atoms with Gasteiger partial charge in [-0.3, -0.25) is 0 Å². The number of rotatable bonds is 9. The summed E-state index contributed by atoms with van der Waals surface area (Å²) in [7, 11) is 0. The van der Waals surface area contributed by atoms with Crippen molar-refractivity contribution in [2.75, 3.05) is 4.90 Å². The molecule has 0 atom stereocenters. The number of nitrogens with zero attached hydrogens (tertiary/aromatic N) is 2. The fourth-order valence-corrected chi connectivity index (χ4v) is 11.8. The predicted octanol–water partition coefficient (Wildman–Crippen LogP) is 20.8. The van der Waals surface area contributed by atoms with Crippen molar-refractivity contribution < 1.29 is 4.42 Å². The number of anilines is 3. The molecule has 77 heavy (non-hydrogen) atoms. The summed E-state index contributed by atoms with van der Waals surface area (Å²) in [4.78, 5) is 2.34. The van der Waals surface area contributed by atoms with E-state index in [0.29, 0.717) is 0 Å². The van der Waals surface area contributed by atoms with Gasteiger partial charge in [-0.15, -0.1) is 0 Å². The molecule has 0 saturated heterocycles. The van der Waals surface area contributed by atoms with E-state index in [9.17, 15) is 0 Å². The molecule has 13 aromatic carbocycles. The summed E-state index contributed by atoms with van der Waals surface area (Å²) in [6.07, 6.45) is 0. The van der Waals surface area contributed by atoms with Crippen molar-refractivity contribution in [3.05, 3.63) is 291 Å². The maximum absolute atomic E-state index is 7.21. The van der Waals surface area contributed by atoms with Crippen LogP contribution in [0.3, 0.4) is 0 Å². The Morgan fingerprint density at radius 2 is 0.753 bits per heavy atom. The van der Waals surface area contributed by atoms with Crippen LogP contribution >= 0.6 is 0 Å². The molecule has 3 nitrogen and oxygen atoms in total. The van der Waals surface area contributed by atoms with Crippen LogP contribution in [-0.4, -0.2) is 4.57 Å². The molecule has 0 radical (unpaired) electrons. The number of benzene rings is 13. The molecule has 3 heteroatoms. The lowest BCUT2D eigenvalue weighted by atomic mass is 9.96. The van der Waals surface area contributed by atoms with Crippen molar-refractivity contribution >= 4 is 82.4 Å². The molecule has 0 bridgehead atoms. The van der Waals surface area contributed by atoms with E-state index in [1.807, 2.05) is 0 Å². The topological polar surface area (TPSA) is 21.3 Å². The van der Waals surface area contributed by atoms with E-state index < -0.39 is 0 Å². The highest BCUT2D eigenvalue weighted by molar-refractivity contribution is 6.24. The minimum atomic E-state index is 0.843. The molecular formula is C74H48N2O. The molecule has 0 saturated carbocycles. The highest BCUT2D eigenvalue weighted by Crippen LogP contribution is 2.47. The molecule has 0 unspecified atom stereocenters. The SMILES string of the molecule is c1ccc(-c2cc3ccccc3c3c2oc2c(N(c4ccc(-c5ccc(-c6ccc(-c7ccc8c(c7)c7ccccc7n8-c7ccccc7)cc6)cc5)cc4)c4ccc(-c5ccc6ccccc6c5)cc4)cccc23)cc1. The molecule has 0 aliphatic heterocycles. The van der Waals surface area contributed by atoms with Gasteiger partial charge in [0.1, 0.15) is 5.58 Å². The Bertz CT molecular complexity index is 4690. The largest absolute Gasteiger partial charge is 0.453 e. The molecule has 2 aromatic heterocycles. The minimum Gasteiger partial charge on any atom is -0.453 e. The quantitative estimate of drug-likeness (QED) is 0.144. The van der Waals surface area contributed by atoms with Crippen molar-refractivity contribution in [3.63, 3.8) is 0 Å². The van der Waals surface area contributed by atoms with Crippen LogP contribution in [0.25, 0.3) is 127 Å². The second kappa shape index (κ2) is 18.3. The van der Waals surface area contributed by atoms with Crippen LogP contribution in [0.5, 0.6) is 0 Å². The van der Waals surface area contributed by atoms with E-state index in [0.717, 1.165) is 66.8 Å². The summed E-state index contributed by atoms with van der Waals surface area (Å²) in [5, 5.41) is 9.55. The summed E-state index contributed by atoms with van der Waals surface area (Å²) >= 11 is 0. The fourth-order valence-electron chi connectivity index (χ4n) is 11.8. The van der Waals surface area contributed by atoms with E-state index in [-0.39, 0.29) is 0 Å². The van der Waals surface area contributed by atoms with Crippen LogP contribution in [0.2, 0.25) is 0 Å². The monoisotopic (exact) mass is 980 g/mol. The first-order valence-electron chi connectivity index (χ1n) is 26.4. The van der Waals surface area contributed by atoms with Crippen molar-refractivity contribution in [2.24, 2.45) is 0 Å². The maximum atomic E-state index is 7.21. The average Bonchev–Trinajstić information content (AvgIpc) is 4.17. The Morgan fingerprint density at radius 1 is 0.273 bits per heavy atom. The third-order valence-electron chi connectivity index (χ3n) is 15.6. The summed E-state index contributed by atoms with van der Waals surface area (Å²) < 4.78 is 9.57. The van der Waals surface area contributed by atoms with E-state index in [1.54, 1.807) is 0 Å². The molecule has 0 fully saturated rings. The maximum Gasteiger partial charge on any atom is 0.159 e. The standard InChI is InChI=1S/C74H48N2O/c1-3-15-56(16-4-1)67-48-60-18-9-10-21-64(60)72-66-23-13-25-71(73(66)77-74(67)72)75(63-43-38-55(39-44-63)58-35-34-49-14-7-8-17-57(49)46-58)62-41-36-53(37-42-62)52-28-26-50(27-29-52)51-30-32-54(33-31-51)59-40-45-70-68(47-59)65-22-11-12-24-69(65)76(70)61-19-5-2-6-20-61/h1-48H. The van der Waals surface area contributed by atoms with Gasteiger partial charge >= 0.3 is 0 Å². The lowest BCUT2D eigenvalue weighted by Crippen LogP contribution is -2.10. The third-order valence-corrected chi connectivity index (χ3v) is 15.6. The van der Waals surface area contributed by atoms with Crippen molar-refractivity contribution in [1.29, 1.82) is 0 Å². The number of fused-ring (bicyclic) bond motifs is 9. The summed E-state index contributed by atoms with van der Waals surface area (Å²) in [5.74, 6) is 0. The summed E-state index contributed by atoms with van der Waals surface area (Å²) in [6, 6.07) is 105. The molecule has 15 aromatic rings. The molecule has 0 N–H and O–H groups in total. The van der Waals surface area contributed by atoms with Crippen LogP contribution in [-0.2, 0) is 0 Å². The molecule has 0 aliphatic carbocycles. The Kier molecular flexibility index (Phi) is 10.5. The average molecular weight is 981 g/mol. The zero-order chi connectivity index (χ0) is 50.8. The fraction of sp³-hybridized carbons (Fsp3) is 0. The van der Waals surface area contributed by atoms with Crippen LogP contribution in [0, 0.1) is 0 Å². The molecule has 0 aliphatic rings. The summed E-state index contributed by atoms with van der Waals surface area (Å²) in [6.45, 7) is 0. The normalized spacial score (nSPS) is 11.6. The van der Waals surface area contributed by atoms with Gasteiger partial charge in [0.2, 0.25) is 0 Å². The number of hydrogen-bond donors (Lipinski definition) is 0. The highest BCUT2D eigenvalue weighted by atomic mass is 16.3. The van der Waals surface area contributed by atoms with Gasteiger partial charge in [-0.05, 0) is 144 Å². The lowest BCUT2D eigenvalue weighted by Gasteiger charge is -2.26. The molecule has 360 valence electrons. The summed E-state index contributed by atoms with van der Waals surface area (Å²) in [5.41, 5.74) is 20.0. The Morgan fingerprint density at radius 3 is 1.42 bits per heavy atom. The molecule has 15 rings (SSSR count). The molecule has 0 spiro atoms. The third kappa shape index (κ3) is 7.67. The second-order valence-electron chi connectivity index (χ2n) is 20.0. The highest BCUT2D eigenvalue weighted by Gasteiger charge is 2.23. The van der Waals surface area contributed by atoms with Crippen LogP contribution < -0.4 is 4.90 Å². The van der Waals surface area contributed by atoms with Gasteiger partial charge in [0, 0.05) is 44.2 Å². The van der Waals surface area contributed by atoms with Gasteiger partial charge < -0.3 is 13.9 Å². The number of furan rings is 1. The van der Waals surface area contributed by atoms with Crippen LogP contribution in [0.15, 0.2) is 296 Å². The van der Waals surface area contributed by atoms with Gasteiger partial charge in [-0.25, -0.2) is 0 Å². The number of para-hydroxylation sites is 3. The van der Waals surface area contributed by atoms with E-state index >= 15 is 0 Å². The van der Waals surface area contributed by atoms with Crippen molar-refractivity contribution in [2.45, 2.75) is 0 Å². The molecular weight excluding hydrogens is 933 g/mol. The Balaban J connectivity index is 0.771. The van der Waals surface area contributed by atoms with Crippen LogP contribution in [0.4, 0.5) is 17.1 Å². The van der Waals surface area contributed by atoms with E-state index in [4.69, 9.17) is 4.42 Å². The zero-order valence-corrected chi connectivity index (χ0v) is 42.0. The van der Waals surface area contributed by atoms with Crippen molar-refractivity contribution in [3.8, 4) is 61.3 Å². The Hall–Kier alpha value is -10.2. The first kappa shape index (κ1) is 44.3. The lowest BCUT2D eigenvalue weighted by molar-refractivity contribution is 0.670. The van der Waals surface area contributed by atoms with Gasteiger partial charge in [0.25, 0.3) is 0 Å². The molecule has 0 amide bonds. The second-order valence-corrected chi connectivity index (χ2v) is 20.0. The first-order chi connectivity index (χ1) is 38.2. The molecule has 2 heterocycles. The van der Waals surface area contributed by atoms with Crippen LogP contribution in [0.1, 0.15) is 0 Å². The smallest absolute Gasteiger partial charge is 0.159 e. The van der Waals surface area contributed by atoms with Gasteiger partial charge in [-0.1, -0.05) is 218 Å². The van der Waals surface area contributed by atoms with Gasteiger partial charge in [0.05, 0.1) is 16.7 Å². The first-order valence-corrected chi connectivity index (χ1v) is 26.4. The Labute approximate surface area is 446 Å². The van der Waals surface area contributed by atoms with E-state index in [1.165, 1.54) is 76.9 Å². The van der Waals surface area contributed by atoms with E-state index in [2.05, 4.69) is 301 Å². The number of hydrogen-bond acceptors (Lipinski definition) is 2. The number of aromatic nitrogens is 1. The zero-order valence-electron chi connectivity index (χ0n) is 42.0. The van der Waals surface area contributed by atoms with Gasteiger partial charge in [-0.2, -0.15) is 0 Å².